The third-order valence-electron chi connectivity index (χ3n) is 3.93. The molecule has 1 aliphatic rings. The van der Waals surface area contributed by atoms with Crippen molar-refractivity contribution in [3.8, 4) is 0 Å². The van der Waals surface area contributed by atoms with Crippen LogP contribution in [-0.4, -0.2) is 15.8 Å². The summed E-state index contributed by atoms with van der Waals surface area (Å²) in [7, 11) is 0. The lowest BCUT2D eigenvalue weighted by Crippen LogP contribution is -2.40. The Hall–Kier alpha value is -0.830. The highest BCUT2D eigenvalue weighted by atomic mass is 15.3. The van der Waals surface area contributed by atoms with Crippen LogP contribution in [-0.2, 0) is 6.42 Å². The van der Waals surface area contributed by atoms with Crippen molar-refractivity contribution in [3.63, 3.8) is 0 Å². The lowest BCUT2D eigenvalue weighted by Gasteiger charge is -2.32. The van der Waals surface area contributed by atoms with Gasteiger partial charge in [0, 0.05) is 12.2 Å². The van der Waals surface area contributed by atoms with E-state index < -0.39 is 0 Å². The zero-order valence-corrected chi connectivity index (χ0v) is 10.4. The van der Waals surface area contributed by atoms with Crippen molar-refractivity contribution in [1.82, 2.24) is 9.78 Å². The van der Waals surface area contributed by atoms with Crippen LogP contribution in [0.25, 0.3) is 0 Å². The average Bonchev–Trinajstić information content (AvgIpc) is 2.74. The molecule has 1 heterocycles. The van der Waals surface area contributed by atoms with Crippen molar-refractivity contribution in [2.75, 3.05) is 0 Å². The smallest absolute Gasteiger partial charge is 0.0628 e. The first kappa shape index (κ1) is 11.6. The molecule has 90 valence electrons. The molecule has 0 bridgehead atoms. The maximum atomic E-state index is 5.95. The molecule has 3 heteroatoms. The molecule has 0 saturated heterocycles. The van der Waals surface area contributed by atoms with Gasteiger partial charge in [-0.3, -0.25) is 4.68 Å². The third-order valence-corrected chi connectivity index (χ3v) is 3.93. The van der Waals surface area contributed by atoms with Crippen molar-refractivity contribution >= 4 is 0 Å². The average molecular weight is 221 g/mol. The Kier molecular flexibility index (Phi) is 3.64. The Balaban J connectivity index is 1.96. The minimum Gasteiger partial charge on any atom is -0.327 e. The molecule has 16 heavy (non-hydrogen) atoms. The summed E-state index contributed by atoms with van der Waals surface area (Å²) in [4.78, 5) is 0. The van der Waals surface area contributed by atoms with E-state index in [4.69, 9.17) is 5.73 Å². The van der Waals surface area contributed by atoms with Crippen LogP contribution in [0.15, 0.2) is 12.3 Å². The molecule has 1 aromatic heterocycles. The Bertz CT molecular complexity index is 328. The highest BCUT2D eigenvalue weighted by molar-refractivity contribution is 5.04. The molecule has 0 spiro atoms. The van der Waals surface area contributed by atoms with Crippen LogP contribution in [0.4, 0.5) is 0 Å². The molecule has 2 unspecified atom stereocenters. The first-order valence-electron chi connectivity index (χ1n) is 6.54. The minimum absolute atomic E-state index is 0.415. The Labute approximate surface area is 98.0 Å². The molecule has 1 aromatic rings. The second kappa shape index (κ2) is 5.00. The quantitative estimate of drug-likeness (QED) is 0.830. The number of rotatable bonds is 5. The van der Waals surface area contributed by atoms with Crippen molar-refractivity contribution in [3.05, 3.63) is 18.0 Å². The van der Waals surface area contributed by atoms with Gasteiger partial charge in [0.05, 0.1) is 11.7 Å². The van der Waals surface area contributed by atoms with Crippen molar-refractivity contribution in [1.29, 1.82) is 0 Å². The summed E-state index contributed by atoms with van der Waals surface area (Å²) in [6.07, 6.45) is 7.96. The summed E-state index contributed by atoms with van der Waals surface area (Å²) < 4.78 is 2.12. The van der Waals surface area contributed by atoms with Crippen molar-refractivity contribution in [2.24, 2.45) is 11.7 Å². The maximum Gasteiger partial charge on any atom is 0.0628 e. The minimum atomic E-state index is 0.415. The molecule has 2 N–H and O–H groups in total. The van der Waals surface area contributed by atoms with E-state index in [9.17, 15) is 0 Å². The molecule has 2 atom stereocenters. The third kappa shape index (κ3) is 2.29. The Morgan fingerprint density at radius 3 is 2.69 bits per heavy atom. The molecule has 0 aromatic carbocycles. The number of nitrogens with zero attached hydrogens (tertiary/aromatic N) is 2. The number of hydrogen-bond donors (Lipinski definition) is 1. The van der Waals surface area contributed by atoms with E-state index in [1.54, 1.807) is 0 Å². The van der Waals surface area contributed by atoms with Crippen molar-refractivity contribution in [2.45, 2.75) is 58.0 Å². The summed E-state index contributed by atoms with van der Waals surface area (Å²) in [5.41, 5.74) is 7.17. The lowest BCUT2D eigenvalue weighted by atomic mass is 9.77. The van der Waals surface area contributed by atoms with E-state index in [0.29, 0.717) is 18.0 Å². The fourth-order valence-electron chi connectivity index (χ4n) is 2.47. The number of aromatic nitrogens is 2. The Morgan fingerprint density at radius 1 is 1.44 bits per heavy atom. The van der Waals surface area contributed by atoms with Gasteiger partial charge in [-0.1, -0.05) is 13.8 Å². The topological polar surface area (TPSA) is 43.8 Å². The van der Waals surface area contributed by atoms with Crippen LogP contribution < -0.4 is 5.73 Å². The zero-order valence-electron chi connectivity index (χ0n) is 10.4. The number of hydrogen-bond acceptors (Lipinski definition) is 2. The van der Waals surface area contributed by atoms with Gasteiger partial charge < -0.3 is 5.73 Å². The van der Waals surface area contributed by atoms with Gasteiger partial charge in [0.25, 0.3) is 0 Å². The largest absolute Gasteiger partial charge is 0.327 e. The first-order valence-corrected chi connectivity index (χ1v) is 6.54. The normalized spacial score (nSPS) is 24.8. The zero-order chi connectivity index (χ0) is 11.5. The molecule has 1 saturated carbocycles. The molecule has 3 nitrogen and oxygen atoms in total. The summed E-state index contributed by atoms with van der Waals surface area (Å²) in [5, 5.41) is 4.67. The fourth-order valence-corrected chi connectivity index (χ4v) is 2.47. The fraction of sp³-hybridized carbons (Fsp3) is 0.769. The van der Waals surface area contributed by atoms with Crippen molar-refractivity contribution < 1.29 is 0 Å². The van der Waals surface area contributed by atoms with E-state index in [0.717, 1.165) is 19.3 Å². The highest BCUT2D eigenvalue weighted by Gasteiger charge is 2.27. The summed E-state index contributed by atoms with van der Waals surface area (Å²) in [5.74, 6) is 0.671. The van der Waals surface area contributed by atoms with Crippen LogP contribution in [0, 0.1) is 5.92 Å². The molecule has 0 radical (unpaired) electrons. The molecular formula is C13H23N3. The van der Waals surface area contributed by atoms with Crippen LogP contribution in [0.2, 0.25) is 0 Å². The molecular weight excluding hydrogens is 198 g/mol. The van der Waals surface area contributed by atoms with E-state index >= 15 is 0 Å². The van der Waals surface area contributed by atoms with Gasteiger partial charge in [-0.15, -0.1) is 0 Å². The molecule has 1 aliphatic carbocycles. The lowest BCUT2D eigenvalue weighted by molar-refractivity contribution is 0.253. The van der Waals surface area contributed by atoms with Crippen LogP contribution >= 0.6 is 0 Å². The second-order valence-corrected chi connectivity index (χ2v) is 4.96. The summed E-state index contributed by atoms with van der Waals surface area (Å²) in [6, 6.07) is 3.13. The molecule has 0 amide bonds. The van der Waals surface area contributed by atoms with Crippen LogP contribution in [0.5, 0.6) is 0 Å². The van der Waals surface area contributed by atoms with Gasteiger partial charge in [0.15, 0.2) is 0 Å². The summed E-state index contributed by atoms with van der Waals surface area (Å²) >= 11 is 0. The van der Waals surface area contributed by atoms with Gasteiger partial charge in [-0.2, -0.15) is 5.10 Å². The summed E-state index contributed by atoms with van der Waals surface area (Å²) in [6.45, 7) is 4.44. The van der Waals surface area contributed by atoms with E-state index in [1.807, 2.05) is 0 Å². The SMILES string of the molecule is CCC(CC)n1ccc(CC2CCC2N)n1. The second-order valence-electron chi connectivity index (χ2n) is 4.96. The monoisotopic (exact) mass is 221 g/mol. The van der Waals surface area contributed by atoms with Gasteiger partial charge in [-0.25, -0.2) is 0 Å². The van der Waals surface area contributed by atoms with Gasteiger partial charge in [0.1, 0.15) is 0 Å². The highest BCUT2D eigenvalue weighted by Crippen LogP contribution is 2.28. The number of nitrogens with two attached hydrogens (primary N) is 1. The first-order chi connectivity index (χ1) is 7.74. The van der Waals surface area contributed by atoms with Gasteiger partial charge in [-0.05, 0) is 44.1 Å². The van der Waals surface area contributed by atoms with Gasteiger partial charge >= 0.3 is 0 Å². The molecule has 0 aliphatic heterocycles. The maximum absolute atomic E-state index is 5.95. The molecule has 1 fully saturated rings. The Morgan fingerprint density at radius 2 is 2.19 bits per heavy atom. The van der Waals surface area contributed by atoms with E-state index in [2.05, 4.69) is 35.9 Å². The predicted molar refractivity (Wildman–Crippen MR) is 66.2 cm³/mol. The predicted octanol–water partition coefficient (Wildman–Crippen LogP) is 2.52. The molecule has 2 rings (SSSR count). The van der Waals surface area contributed by atoms with Gasteiger partial charge in [0.2, 0.25) is 0 Å². The van der Waals surface area contributed by atoms with Crippen LogP contribution in [0.3, 0.4) is 0 Å². The van der Waals surface area contributed by atoms with E-state index in [1.165, 1.54) is 18.5 Å². The standard InChI is InChI=1S/C13H23N3/c1-3-12(4-2)16-8-7-11(15-16)9-10-5-6-13(10)14/h7-8,10,12-13H,3-6,9,14H2,1-2H3. The van der Waals surface area contributed by atoms with Crippen LogP contribution in [0.1, 0.15) is 51.3 Å². The van der Waals surface area contributed by atoms with E-state index in [-0.39, 0.29) is 0 Å².